The number of hydrogen-bond donors (Lipinski definition) is 2. The third kappa shape index (κ3) is 5.59. The minimum atomic E-state index is -5.85. The molecule has 0 fully saturated rings. The number of amides is 2. The van der Waals surface area contributed by atoms with Crippen LogP contribution in [0.3, 0.4) is 0 Å². The number of nitrogens with zero attached hydrogens (tertiary/aromatic N) is 6. The van der Waals surface area contributed by atoms with E-state index in [4.69, 9.17) is 5.73 Å². The van der Waals surface area contributed by atoms with Gasteiger partial charge in [0, 0.05) is 9.77 Å². The molecule has 0 bridgehead atoms. The van der Waals surface area contributed by atoms with Crippen molar-refractivity contribution in [3.05, 3.63) is 80.1 Å². The van der Waals surface area contributed by atoms with Gasteiger partial charge in [-0.2, -0.15) is 27.1 Å². The van der Waals surface area contributed by atoms with E-state index < -0.39 is 36.2 Å². The van der Waals surface area contributed by atoms with Crippen molar-refractivity contribution in [1.29, 1.82) is 0 Å². The van der Waals surface area contributed by atoms with E-state index >= 15 is 0 Å². The molecule has 0 aliphatic carbocycles. The Hall–Kier alpha value is -3.96. The Balaban J connectivity index is 1.74. The molecule has 3 N–H and O–H groups in total. The second-order valence-electron chi connectivity index (χ2n) is 8.41. The van der Waals surface area contributed by atoms with E-state index in [9.17, 15) is 31.5 Å². The number of nitrogens with two attached hydrogens (primary N) is 1. The molecule has 204 valence electrons. The topological polar surface area (TPSA) is 134 Å². The number of benzene rings is 1. The fraction of sp³-hybridized carbons (Fsp3) is 0.217. The molecule has 2 amide bonds. The van der Waals surface area contributed by atoms with Crippen molar-refractivity contribution >= 4 is 40.1 Å². The first-order chi connectivity index (χ1) is 18.2. The molecular weight excluding hydrogens is 642 g/mol. The smallest absolute Gasteiger partial charge is 0.366 e. The average Bonchev–Trinajstić information content (AvgIpc) is 3.48. The summed E-state index contributed by atoms with van der Waals surface area (Å²) in [5.74, 6) is -6.43. The highest BCUT2D eigenvalue weighted by atomic mass is 127. The lowest BCUT2D eigenvalue weighted by Gasteiger charge is -2.16. The average molecular weight is 660 g/mol. The van der Waals surface area contributed by atoms with Gasteiger partial charge < -0.3 is 11.1 Å². The van der Waals surface area contributed by atoms with Crippen molar-refractivity contribution in [3.63, 3.8) is 0 Å². The number of pyridine rings is 1. The number of anilines is 1. The maximum absolute atomic E-state index is 13.7. The molecule has 16 heteroatoms. The predicted octanol–water partition coefficient (Wildman–Crippen LogP) is 4.13. The van der Waals surface area contributed by atoms with Gasteiger partial charge in [0.25, 0.3) is 11.8 Å². The summed E-state index contributed by atoms with van der Waals surface area (Å²) in [5.41, 5.74) is 5.36. The van der Waals surface area contributed by atoms with Gasteiger partial charge in [-0.1, -0.05) is 11.3 Å². The summed E-state index contributed by atoms with van der Waals surface area (Å²) >= 11 is 2.00. The number of alkyl halides is 5. The van der Waals surface area contributed by atoms with Crippen LogP contribution in [0.1, 0.15) is 43.4 Å². The molecule has 0 unspecified atom stereocenters. The maximum Gasteiger partial charge on any atom is 0.459 e. The van der Waals surface area contributed by atoms with Gasteiger partial charge in [-0.25, -0.2) is 14.3 Å². The van der Waals surface area contributed by atoms with E-state index in [1.807, 2.05) is 22.6 Å². The summed E-state index contributed by atoms with van der Waals surface area (Å²) in [5, 5.41) is 13.3. The zero-order chi connectivity index (χ0) is 28.7. The Morgan fingerprint density at radius 3 is 2.46 bits per heavy atom. The van der Waals surface area contributed by atoms with Crippen LogP contribution in [-0.4, -0.2) is 47.7 Å². The van der Waals surface area contributed by atoms with E-state index in [1.54, 1.807) is 32.0 Å². The Morgan fingerprint density at radius 1 is 1.10 bits per heavy atom. The van der Waals surface area contributed by atoms with E-state index in [0.717, 1.165) is 8.25 Å². The molecule has 3 aromatic heterocycles. The van der Waals surface area contributed by atoms with Crippen LogP contribution in [0.2, 0.25) is 0 Å². The zero-order valence-corrected chi connectivity index (χ0v) is 22.3. The quantitative estimate of drug-likeness (QED) is 0.226. The van der Waals surface area contributed by atoms with Gasteiger partial charge in [-0.15, -0.1) is 5.10 Å². The summed E-state index contributed by atoms with van der Waals surface area (Å²) in [6, 6.07) is 7.90. The van der Waals surface area contributed by atoms with Crippen LogP contribution in [-0.2, 0) is 12.5 Å². The summed E-state index contributed by atoms with van der Waals surface area (Å²) in [7, 11) is 0. The van der Waals surface area contributed by atoms with Gasteiger partial charge in [-0.05, 0) is 71.8 Å². The molecule has 1 aromatic carbocycles. The summed E-state index contributed by atoms with van der Waals surface area (Å²) < 4.78 is 68.1. The summed E-state index contributed by atoms with van der Waals surface area (Å²) in [4.78, 5) is 29.7. The minimum absolute atomic E-state index is 0.0684. The summed E-state index contributed by atoms with van der Waals surface area (Å²) in [6.45, 7) is 2.99. The van der Waals surface area contributed by atoms with Crippen LogP contribution in [0.4, 0.5) is 27.6 Å². The highest BCUT2D eigenvalue weighted by Crippen LogP contribution is 2.42. The lowest BCUT2D eigenvalue weighted by Crippen LogP contribution is -2.34. The van der Waals surface area contributed by atoms with E-state index in [1.165, 1.54) is 23.0 Å². The number of carbonyl (C=O) groups is 2. The van der Waals surface area contributed by atoms with Crippen molar-refractivity contribution in [1.82, 2.24) is 29.8 Å². The normalized spacial score (nSPS) is 12.0. The third-order valence-corrected chi connectivity index (χ3v) is 6.14. The highest BCUT2D eigenvalue weighted by Gasteiger charge is 2.60. The van der Waals surface area contributed by atoms with Crippen molar-refractivity contribution in [2.45, 2.75) is 32.5 Å². The molecule has 0 aliphatic heterocycles. The number of rotatable bonds is 7. The predicted molar refractivity (Wildman–Crippen MR) is 136 cm³/mol. The molecule has 0 aliphatic rings. The number of halogens is 6. The first-order valence-electron chi connectivity index (χ1n) is 11.0. The van der Waals surface area contributed by atoms with E-state index in [-0.39, 0.29) is 28.5 Å². The molecule has 10 nitrogen and oxygen atoms in total. The zero-order valence-electron chi connectivity index (χ0n) is 20.1. The Labute approximate surface area is 230 Å². The molecule has 0 spiro atoms. The summed E-state index contributed by atoms with van der Waals surface area (Å²) in [6.07, 6.45) is -3.94. The van der Waals surface area contributed by atoms with Gasteiger partial charge in [0.2, 0.25) is 0 Å². The fourth-order valence-electron chi connectivity index (χ4n) is 3.64. The van der Waals surface area contributed by atoms with Crippen molar-refractivity contribution in [3.8, 4) is 5.82 Å². The van der Waals surface area contributed by atoms with Gasteiger partial charge in [0.15, 0.2) is 11.5 Å². The Morgan fingerprint density at radius 2 is 1.82 bits per heavy atom. The highest BCUT2D eigenvalue weighted by molar-refractivity contribution is 14.1. The second-order valence-corrected chi connectivity index (χ2v) is 9.66. The van der Waals surface area contributed by atoms with Gasteiger partial charge >= 0.3 is 12.1 Å². The number of aromatic nitrogens is 6. The molecule has 0 atom stereocenters. The molecule has 0 saturated carbocycles. The van der Waals surface area contributed by atoms with Gasteiger partial charge in [0.1, 0.15) is 5.69 Å². The number of nitrogens with one attached hydrogen (secondary N) is 1. The Kier molecular flexibility index (Phi) is 7.42. The monoisotopic (exact) mass is 660 g/mol. The third-order valence-electron chi connectivity index (χ3n) is 5.52. The maximum atomic E-state index is 13.7. The van der Waals surface area contributed by atoms with Crippen LogP contribution >= 0.6 is 22.6 Å². The number of primary amides is 1. The molecular formula is C23H18F5IN8O2. The van der Waals surface area contributed by atoms with Gasteiger partial charge in [-0.3, -0.25) is 9.59 Å². The van der Waals surface area contributed by atoms with Crippen molar-refractivity contribution in [2.75, 3.05) is 5.32 Å². The molecule has 4 aromatic rings. The van der Waals surface area contributed by atoms with Crippen LogP contribution in [0.15, 0.2) is 42.7 Å². The van der Waals surface area contributed by atoms with Crippen molar-refractivity contribution in [2.24, 2.45) is 5.73 Å². The van der Waals surface area contributed by atoms with Gasteiger partial charge in [0.05, 0.1) is 29.7 Å². The first kappa shape index (κ1) is 28.1. The minimum Gasteiger partial charge on any atom is -0.366 e. The number of carbonyl (C=O) groups excluding carboxylic acids is 2. The lowest BCUT2D eigenvalue weighted by molar-refractivity contribution is -0.291. The standard InChI is InChI=1S/C23H18F5IN8O2/c1-11-4-3-5-31-20(11)37-16(21(39)32-18-12(2)6-13(29)7-15(18)19(30)38)8-14(34-37)9-36-10-17(33-35-36)22(24,25)23(26,27)28/h3-8,10H,9H2,1-2H3,(H2,30,38)(H,32,39). The first-order valence-corrected chi connectivity index (χ1v) is 12.0. The Bertz CT molecular complexity index is 1580. The van der Waals surface area contributed by atoms with E-state index in [2.05, 4.69) is 25.7 Å². The van der Waals surface area contributed by atoms with Crippen LogP contribution in [0, 0.1) is 17.4 Å². The molecule has 4 rings (SSSR count). The largest absolute Gasteiger partial charge is 0.459 e. The van der Waals surface area contributed by atoms with Crippen LogP contribution < -0.4 is 11.1 Å². The van der Waals surface area contributed by atoms with Crippen molar-refractivity contribution < 1.29 is 31.5 Å². The number of hydrogen-bond acceptors (Lipinski definition) is 6. The molecule has 0 radical (unpaired) electrons. The van der Waals surface area contributed by atoms with E-state index in [0.29, 0.717) is 17.3 Å². The lowest BCUT2D eigenvalue weighted by atomic mass is 10.1. The molecule has 0 saturated heterocycles. The molecule has 39 heavy (non-hydrogen) atoms. The second kappa shape index (κ2) is 10.3. The SMILES string of the molecule is Cc1cccnc1-n1nc(Cn2cc(C(F)(F)C(F)(F)F)nn2)cc1C(=O)Nc1c(C)cc(I)cc1C(N)=O. The molecule has 3 heterocycles. The fourth-order valence-corrected chi connectivity index (χ4v) is 4.42. The van der Waals surface area contributed by atoms with Crippen LogP contribution in [0.5, 0.6) is 0 Å². The van der Waals surface area contributed by atoms with Crippen LogP contribution in [0.25, 0.3) is 5.82 Å². The number of aryl methyl sites for hydroxylation is 2.